The van der Waals surface area contributed by atoms with Gasteiger partial charge in [-0.3, -0.25) is 0 Å². The molecule has 0 N–H and O–H groups in total. The van der Waals surface area contributed by atoms with E-state index in [1.165, 1.54) is 10.1 Å². The Morgan fingerprint density at radius 2 is 1.52 bits per heavy atom. The van der Waals surface area contributed by atoms with Gasteiger partial charge in [-0.25, -0.2) is 14.1 Å². The molecular weight excluding hydrogens is 724 g/mol. The summed E-state index contributed by atoms with van der Waals surface area (Å²) >= 11 is 0. The van der Waals surface area contributed by atoms with Gasteiger partial charge in [0, 0.05) is 73.2 Å². The van der Waals surface area contributed by atoms with Crippen LogP contribution in [0.4, 0.5) is 0 Å². The Bertz CT molecular complexity index is 2430. The number of ether oxygens (including phenoxy) is 1. The Morgan fingerprint density at radius 1 is 0.750 bits per heavy atom. The molecule has 5 nitrogen and oxygen atoms in total. The minimum Gasteiger partial charge on any atom is -0.508 e. The number of fused-ring (bicyclic) bond motifs is 4. The van der Waals surface area contributed by atoms with E-state index in [9.17, 15) is 0 Å². The zero-order valence-electron chi connectivity index (χ0n) is 26.6. The largest absolute Gasteiger partial charge is 0.508 e. The Labute approximate surface area is 274 Å². The van der Waals surface area contributed by atoms with E-state index in [1.54, 1.807) is 12.4 Å². The maximum absolute atomic E-state index is 8.01. The summed E-state index contributed by atoms with van der Waals surface area (Å²) in [4.78, 5) is 4.79. The molecule has 0 amide bonds. The van der Waals surface area contributed by atoms with E-state index in [1.807, 2.05) is 83.6 Å². The number of pyridine rings is 1. The summed E-state index contributed by atoms with van der Waals surface area (Å²) in [5, 5.41) is 2.14. The molecule has 216 valence electrons. The third kappa shape index (κ3) is 4.70. The van der Waals surface area contributed by atoms with Crippen LogP contribution in [0.1, 0.15) is 9.68 Å². The van der Waals surface area contributed by atoms with Crippen molar-refractivity contribution in [2.45, 2.75) is 6.92 Å². The molecule has 0 spiro atoms. The summed E-state index contributed by atoms with van der Waals surface area (Å²) in [6, 6.07) is 44.5. The first-order chi connectivity index (χ1) is 22.3. The number of nitrogens with zero attached hydrogens (tertiary/aromatic N) is 4. The van der Waals surface area contributed by atoms with E-state index < -0.39 is 6.98 Å². The molecule has 3 heterocycles. The van der Waals surface area contributed by atoms with Crippen molar-refractivity contribution >= 4 is 32.8 Å². The second-order valence-electron chi connectivity index (χ2n) is 10.5. The van der Waals surface area contributed by atoms with Crippen molar-refractivity contribution < 1.29 is 29.9 Å². The van der Waals surface area contributed by atoms with Gasteiger partial charge >= 0.3 is 0 Å². The number of benzene rings is 5. The fourth-order valence-electron chi connectivity index (χ4n) is 5.83. The Kier molecular flexibility index (Phi) is 6.25. The fourth-order valence-corrected chi connectivity index (χ4v) is 5.83. The van der Waals surface area contributed by atoms with Gasteiger partial charge in [-0.1, -0.05) is 54.0 Å². The molecular formula is C38H27N4OPt-. The second kappa shape index (κ2) is 11.3. The van der Waals surface area contributed by atoms with E-state index >= 15 is 0 Å². The Hall–Kier alpha value is -4.99. The van der Waals surface area contributed by atoms with Crippen molar-refractivity contribution in [2.75, 3.05) is 0 Å². The first kappa shape index (κ1) is 24.5. The SMILES string of the molecule is [2H]C([2H])([2H])n1[cH+]n(-c2[c-]c(Oc3[c-]c4c(cc3)c3ccccc3n4-c3cc(-c4ccccc4C)ccn3)ccc2)c2ccccc21.[Pt]. The molecule has 6 heteroatoms. The molecule has 0 saturated heterocycles. The number of imidazole rings is 1. The topological polar surface area (TPSA) is 36.9 Å². The molecule has 0 radical (unpaired) electrons. The summed E-state index contributed by atoms with van der Waals surface area (Å²) in [6.07, 6.45) is 3.43. The third-order valence-corrected chi connectivity index (χ3v) is 7.85. The second-order valence-corrected chi connectivity index (χ2v) is 10.5. The van der Waals surface area contributed by atoms with Gasteiger partial charge in [0.05, 0.1) is 0 Å². The standard InChI is InChI=1S/C38H27N4O.Pt/c1-26-10-3-4-13-31(26)27-20-21-39-38(22-27)42-34-15-6-5-14-32(34)33-19-18-30(24-37(33)42)43-29-12-9-11-28(23-29)41-25-40(2)35-16-7-8-17-36(35)41;/h3-22,25H,1-2H3;/q-1;/i2D3;. The third-order valence-electron chi connectivity index (χ3n) is 7.85. The maximum Gasteiger partial charge on any atom is 0.188 e. The molecule has 0 bridgehead atoms. The molecule has 3 aromatic heterocycles. The van der Waals surface area contributed by atoms with Crippen LogP contribution in [0.3, 0.4) is 0 Å². The van der Waals surface area contributed by atoms with Gasteiger partial charge in [0.1, 0.15) is 5.82 Å². The van der Waals surface area contributed by atoms with Crippen molar-refractivity contribution in [1.82, 2.24) is 18.7 Å². The molecule has 44 heavy (non-hydrogen) atoms. The molecule has 0 saturated carbocycles. The smallest absolute Gasteiger partial charge is 0.188 e. The van der Waals surface area contributed by atoms with Gasteiger partial charge in [-0.2, -0.15) is 12.1 Å². The summed E-state index contributed by atoms with van der Waals surface area (Å²) in [5.74, 6) is 1.79. The fraction of sp³-hybridized carbons (Fsp3) is 0.0526. The van der Waals surface area contributed by atoms with Crippen LogP contribution in [0.25, 0.3) is 55.5 Å². The number of hydrogen-bond acceptors (Lipinski definition) is 2. The minimum atomic E-state index is -2.32. The number of hydrogen-bond donors (Lipinski definition) is 0. The van der Waals surface area contributed by atoms with Crippen LogP contribution in [0, 0.1) is 19.1 Å². The first-order valence-electron chi connectivity index (χ1n) is 15.6. The van der Waals surface area contributed by atoms with Crippen LogP contribution in [0.15, 0.2) is 128 Å². The first-order valence-corrected chi connectivity index (χ1v) is 14.1. The van der Waals surface area contributed by atoms with Crippen LogP contribution in [-0.4, -0.2) is 18.7 Å². The molecule has 0 aliphatic rings. The predicted molar refractivity (Wildman–Crippen MR) is 173 cm³/mol. The predicted octanol–water partition coefficient (Wildman–Crippen LogP) is 9.11. The zero-order chi connectivity index (χ0) is 31.4. The zero-order valence-corrected chi connectivity index (χ0v) is 25.9. The summed E-state index contributed by atoms with van der Waals surface area (Å²) in [5.41, 5.74) is 7.34. The van der Waals surface area contributed by atoms with Crippen LogP contribution in [0.5, 0.6) is 11.5 Å². The summed E-state index contributed by atoms with van der Waals surface area (Å²) < 4.78 is 35.6. The van der Waals surface area contributed by atoms with E-state index in [0.717, 1.165) is 44.3 Å². The Balaban J connectivity index is 0.00000351. The number of para-hydroxylation sites is 3. The average molecular weight is 754 g/mol. The number of aryl methyl sites for hydroxylation is 2. The van der Waals surface area contributed by atoms with E-state index in [2.05, 4.69) is 60.0 Å². The number of aromatic nitrogens is 4. The molecule has 0 aliphatic carbocycles. The van der Waals surface area contributed by atoms with Crippen LogP contribution < -0.4 is 4.74 Å². The van der Waals surface area contributed by atoms with Crippen molar-refractivity contribution in [2.24, 2.45) is 6.98 Å². The molecule has 0 fully saturated rings. The molecule has 8 aromatic rings. The Morgan fingerprint density at radius 3 is 2.39 bits per heavy atom. The van der Waals surface area contributed by atoms with Crippen molar-refractivity contribution in [3.05, 3.63) is 145 Å². The molecule has 0 aliphatic heterocycles. The van der Waals surface area contributed by atoms with Gasteiger partial charge in [-0.05, 0) is 59.3 Å². The van der Waals surface area contributed by atoms with Gasteiger partial charge < -0.3 is 9.30 Å². The van der Waals surface area contributed by atoms with Crippen molar-refractivity contribution in [1.29, 1.82) is 0 Å². The normalized spacial score (nSPS) is 12.5. The van der Waals surface area contributed by atoms with Gasteiger partial charge in [-0.15, -0.1) is 29.7 Å². The van der Waals surface area contributed by atoms with E-state index in [4.69, 9.17) is 13.8 Å². The van der Waals surface area contributed by atoms with Crippen LogP contribution in [-0.2, 0) is 28.0 Å². The van der Waals surface area contributed by atoms with Gasteiger partial charge in [0.25, 0.3) is 0 Å². The average Bonchev–Trinajstić information content (AvgIpc) is 3.62. The van der Waals surface area contributed by atoms with Crippen LogP contribution >= 0.6 is 0 Å². The van der Waals surface area contributed by atoms with Crippen LogP contribution in [0.2, 0.25) is 0 Å². The van der Waals surface area contributed by atoms with E-state index in [-0.39, 0.29) is 21.1 Å². The quantitative estimate of drug-likeness (QED) is 0.165. The van der Waals surface area contributed by atoms with E-state index in [0.29, 0.717) is 22.7 Å². The van der Waals surface area contributed by atoms with Gasteiger partial charge in [0.2, 0.25) is 0 Å². The molecule has 0 unspecified atom stereocenters. The molecule has 8 rings (SSSR count). The number of rotatable bonds is 5. The van der Waals surface area contributed by atoms with Crippen molar-refractivity contribution in [3.8, 4) is 34.1 Å². The monoisotopic (exact) mass is 753 g/mol. The van der Waals surface area contributed by atoms with Gasteiger partial charge in [0.15, 0.2) is 17.4 Å². The summed E-state index contributed by atoms with van der Waals surface area (Å²) in [6.45, 7) is -0.209. The maximum atomic E-state index is 8.01. The van der Waals surface area contributed by atoms with Crippen molar-refractivity contribution in [3.63, 3.8) is 0 Å². The summed E-state index contributed by atoms with van der Waals surface area (Å²) in [7, 11) is 0. The molecule has 5 aromatic carbocycles. The minimum absolute atomic E-state index is 0. The molecule has 0 atom stereocenters.